The Bertz CT molecular complexity index is 910. The van der Waals surface area contributed by atoms with Gasteiger partial charge < -0.3 is 10.1 Å². The van der Waals surface area contributed by atoms with Crippen molar-refractivity contribution in [2.45, 2.75) is 0 Å². The maximum absolute atomic E-state index is 9.95. The Morgan fingerprint density at radius 2 is 1.86 bits per heavy atom. The molecule has 112 valence electrons. The van der Waals surface area contributed by atoms with E-state index in [0.717, 1.165) is 9.99 Å². The molecule has 0 amide bonds. The van der Waals surface area contributed by atoms with E-state index >= 15 is 0 Å². The Kier molecular flexibility index (Phi) is 4.27. The minimum absolute atomic E-state index is 0.0749. The molecule has 0 radical (unpaired) electrons. The fourth-order valence-electron chi connectivity index (χ4n) is 1.84. The van der Waals surface area contributed by atoms with Gasteiger partial charge >= 0.3 is 0 Å². The largest absolute Gasteiger partial charge is 0.493 e. The quantitative estimate of drug-likeness (QED) is 0.371. The lowest BCUT2D eigenvalue weighted by molar-refractivity contribution is 0.459. The van der Waals surface area contributed by atoms with Gasteiger partial charge in [-0.25, -0.2) is 4.98 Å². The molecule has 0 saturated carbocycles. The van der Waals surface area contributed by atoms with Crippen LogP contribution in [0.4, 0.5) is 11.5 Å². The minimum atomic E-state index is -0.104. The molecule has 0 unspecified atom stereocenters. The van der Waals surface area contributed by atoms with Crippen molar-refractivity contribution in [1.82, 2.24) is 9.97 Å². The molecule has 3 aromatic rings. The lowest BCUT2D eigenvalue weighted by Gasteiger charge is -1.99. The molecule has 0 aliphatic carbocycles. The molecule has 2 N–H and O–H groups in total. The Balaban J connectivity index is 2.08. The summed E-state index contributed by atoms with van der Waals surface area (Å²) in [6.07, 6.45) is 0. The van der Waals surface area contributed by atoms with E-state index in [-0.39, 0.29) is 32.6 Å². The van der Waals surface area contributed by atoms with Crippen LogP contribution in [0.3, 0.4) is 0 Å². The van der Waals surface area contributed by atoms with Crippen LogP contribution in [0.5, 0.6) is 5.88 Å². The lowest BCUT2D eigenvalue weighted by Crippen LogP contribution is -1.79. The van der Waals surface area contributed by atoms with Crippen LogP contribution in [0.2, 0.25) is 15.2 Å². The Labute approximate surface area is 148 Å². The molecular formula is C13H6BrCl3N4O. The fourth-order valence-corrected chi connectivity index (χ4v) is 2.73. The number of nitrogens with one attached hydrogen (secondary N) is 1. The van der Waals surface area contributed by atoms with Gasteiger partial charge in [0.2, 0.25) is 5.88 Å². The summed E-state index contributed by atoms with van der Waals surface area (Å²) < 4.78 is 0.848. The van der Waals surface area contributed by atoms with Crippen LogP contribution in [0.25, 0.3) is 10.9 Å². The van der Waals surface area contributed by atoms with Crippen LogP contribution in [0.1, 0.15) is 0 Å². The number of fused-ring (bicyclic) bond motifs is 1. The van der Waals surface area contributed by atoms with Crippen molar-refractivity contribution in [2.75, 3.05) is 0 Å². The number of hydrogen-bond donors (Lipinski definition) is 2. The van der Waals surface area contributed by atoms with Gasteiger partial charge in [0.25, 0.3) is 0 Å². The number of azo groups is 1. The van der Waals surface area contributed by atoms with Gasteiger partial charge in [-0.05, 0) is 24.3 Å². The number of aromatic amines is 1. The van der Waals surface area contributed by atoms with E-state index in [4.69, 9.17) is 34.8 Å². The highest BCUT2D eigenvalue weighted by Gasteiger charge is 2.12. The number of benzene rings is 1. The van der Waals surface area contributed by atoms with E-state index in [1.807, 2.05) is 18.2 Å². The highest BCUT2D eigenvalue weighted by atomic mass is 79.9. The summed E-state index contributed by atoms with van der Waals surface area (Å²) in [4.78, 5) is 6.75. The third kappa shape index (κ3) is 2.92. The maximum Gasteiger partial charge on any atom is 0.218 e. The molecule has 0 spiro atoms. The number of rotatable bonds is 2. The minimum Gasteiger partial charge on any atom is -0.493 e. The molecule has 0 bridgehead atoms. The van der Waals surface area contributed by atoms with Crippen molar-refractivity contribution in [3.05, 3.63) is 43.9 Å². The summed E-state index contributed by atoms with van der Waals surface area (Å²) in [7, 11) is 0. The number of hydrogen-bond acceptors (Lipinski definition) is 4. The van der Waals surface area contributed by atoms with Gasteiger partial charge in [-0.3, -0.25) is 0 Å². The molecule has 1 aromatic carbocycles. The molecular weight excluding hydrogens is 414 g/mol. The molecule has 0 aliphatic heterocycles. The molecule has 0 fully saturated rings. The molecule has 5 nitrogen and oxygen atoms in total. The van der Waals surface area contributed by atoms with Gasteiger partial charge in [0.05, 0.1) is 15.6 Å². The molecule has 22 heavy (non-hydrogen) atoms. The monoisotopic (exact) mass is 418 g/mol. The second kappa shape index (κ2) is 6.04. The number of aromatic hydroxyl groups is 1. The zero-order chi connectivity index (χ0) is 15.9. The Hall–Kier alpha value is -1.34. The first-order chi connectivity index (χ1) is 10.5. The van der Waals surface area contributed by atoms with Crippen LogP contribution in [-0.2, 0) is 0 Å². The Morgan fingerprint density at radius 3 is 2.64 bits per heavy atom. The highest BCUT2D eigenvalue weighted by molar-refractivity contribution is 9.10. The van der Waals surface area contributed by atoms with E-state index in [9.17, 15) is 5.11 Å². The van der Waals surface area contributed by atoms with Crippen LogP contribution >= 0.6 is 50.7 Å². The second-order valence-electron chi connectivity index (χ2n) is 4.28. The first-order valence-corrected chi connectivity index (χ1v) is 7.82. The molecule has 2 aromatic heterocycles. The number of H-pyrrole nitrogens is 1. The van der Waals surface area contributed by atoms with Gasteiger partial charge in [-0.15, -0.1) is 10.2 Å². The van der Waals surface area contributed by atoms with E-state index < -0.39 is 0 Å². The zero-order valence-electron chi connectivity index (χ0n) is 10.6. The summed E-state index contributed by atoms with van der Waals surface area (Å²) in [5.74, 6) is 0.00727. The average molecular weight is 420 g/mol. The lowest BCUT2D eigenvalue weighted by atomic mass is 10.2. The normalized spacial score (nSPS) is 11.6. The van der Waals surface area contributed by atoms with Gasteiger partial charge in [0.1, 0.15) is 5.15 Å². The van der Waals surface area contributed by atoms with Gasteiger partial charge in [0, 0.05) is 9.86 Å². The first-order valence-electron chi connectivity index (χ1n) is 5.89. The summed E-state index contributed by atoms with van der Waals surface area (Å²) in [6, 6.07) is 6.89. The molecule has 9 heteroatoms. The van der Waals surface area contributed by atoms with Gasteiger partial charge in [0.15, 0.2) is 11.5 Å². The van der Waals surface area contributed by atoms with E-state index in [2.05, 4.69) is 36.1 Å². The van der Waals surface area contributed by atoms with Crippen molar-refractivity contribution in [3.63, 3.8) is 0 Å². The standard InChI is InChI=1S/C13H6BrCl3N4O/c14-5-1-2-9-6(3-5)10(13(22)18-9)20-21-12-8(16)4-7(15)11(17)19-12/h1-4,18,22H. The second-order valence-corrected chi connectivity index (χ2v) is 6.37. The third-order valence-corrected chi connectivity index (χ3v) is 4.27. The van der Waals surface area contributed by atoms with Crippen LogP contribution in [0, 0.1) is 0 Å². The van der Waals surface area contributed by atoms with Crippen molar-refractivity contribution in [2.24, 2.45) is 10.2 Å². The summed E-state index contributed by atoms with van der Waals surface area (Å²) in [6.45, 7) is 0. The molecule has 2 heterocycles. The van der Waals surface area contributed by atoms with E-state index in [1.165, 1.54) is 6.07 Å². The number of halogens is 4. The Morgan fingerprint density at radius 1 is 1.09 bits per heavy atom. The zero-order valence-corrected chi connectivity index (χ0v) is 14.5. The maximum atomic E-state index is 9.95. The van der Waals surface area contributed by atoms with Gasteiger partial charge in [-0.2, -0.15) is 0 Å². The molecule has 0 atom stereocenters. The summed E-state index contributed by atoms with van der Waals surface area (Å²) in [5.41, 5.74) is 1.00. The summed E-state index contributed by atoms with van der Waals surface area (Å²) in [5, 5.41) is 19.1. The van der Waals surface area contributed by atoms with Crippen LogP contribution < -0.4 is 0 Å². The smallest absolute Gasteiger partial charge is 0.218 e. The van der Waals surface area contributed by atoms with Crippen molar-refractivity contribution in [3.8, 4) is 5.88 Å². The SMILES string of the molecule is Oc1[nH]c2ccc(Br)cc2c1N=Nc1nc(Cl)c(Cl)cc1Cl. The fraction of sp³-hybridized carbons (Fsp3) is 0. The van der Waals surface area contributed by atoms with Gasteiger partial charge in [-0.1, -0.05) is 50.7 Å². The predicted octanol–water partition coefficient (Wildman–Crippen LogP) is 6.41. The topological polar surface area (TPSA) is 73.6 Å². The average Bonchev–Trinajstić information content (AvgIpc) is 2.77. The summed E-state index contributed by atoms with van der Waals surface area (Å²) >= 11 is 21.0. The first kappa shape index (κ1) is 15.6. The number of nitrogens with zero attached hydrogens (tertiary/aromatic N) is 3. The van der Waals surface area contributed by atoms with Crippen molar-refractivity contribution >= 4 is 73.1 Å². The van der Waals surface area contributed by atoms with E-state index in [0.29, 0.717) is 5.39 Å². The third-order valence-electron chi connectivity index (χ3n) is 2.83. The van der Waals surface area contributed by atoms with Crippen molar-refractivity contribution < 1.29 is 5.11 Å². The van der Waals surface area contributed by atoms with Crippen LogP contribution in [-0.4, -0.2) is 15.1 Å². The number of aromatic nitrogens is 2. The highest BCUT2D eigenvalue weighted by Crippen LogP contribution is 2.38. The van der Waals surface area contributed by atoms with E-state index in [1.54, 1.807) is 0 Å². The molecule has 3 rings (SSSR count). The number of pyridine rings is 1. The predicted molar refractivity (Wildman–Crippen MR) is 91.1 cm³/mol. The molecule has 0 saturated heterocycles. The van der Waals surface area contributed by atoms with Crippen molar-refractivity contribution in [1.29, 1.82) is 0 Å². The van der Waals surface area contributed by atoms with Crippen LogP contribution in [0.15, 0.2) is 39.0 Å². The molecule has 0 aliphatic rings.